The third kappa shape index (κ3) is 5.35. The van der Waals surface area contributed by atoms with Gasteiger partial charge in [-0.2, -0.15) is 0 Å². The number of benzene rings is 1. The minimum absolute atomic E-state index is 0.461. The maximum atomic E-state index is 5.04. The minimum Gasteiger partial charge on any atom is -0.288 e. The fraction of sp³-hybridized carbons (Fsp3) is 0.556. The highest BCUT2D eigenvalue weighted by Gasteiger charge is 2.19. The van der Waals surface area contributed by atoms with Crippen LogP contribution in [-0.2, 0) is 0 Å². The molecule has 1 aromatic carbocycles. The first-order chi connectivity index (χ1) is 13.9. The van der Waals surface area contributed by atoms with Gasteiger partial charge in [-0.3, -0.25) is 4.99 Å². The third-order valence-corrected chi connectivity index (χ3v) is 6.15. The van der Waals surface area contributed by atoms with Crippen molar-refractivity contribution < 1.29 is 0 Å². The van der Waals surface area contributed by atoms with Crippen LogP contribution in [0.5, 0.6) is 0 Å². The van der Waals surface area contributed by atoms with Gasteiger partial charge in [0.2, 0.25) is 0 Å². The van der Waals surface area contributed by atoms with Crippen molar-refractivity contribution in [2.45, 2.75) is 97.4 Å². The Morgan fingerprint density at radius 3 is 2.03 bits per heavy atom. The summed E-state index contributed by atoms with van der Waals surface area (Å²) >= 11 is 0. The Morgan fingerprint density at radius 2 is 1.48 bits per heavy atom. The summed E-state index contributed by atoms with van der Waals surface area (Å²) in [4.78, 5) is 9.89. The SMILES string of the molecule is CC(C)c1cc(C(C)C)c(-c2cccc(C=NC3CCCCC3)n2)c(C(C)C)c1. The van der Waals surface area contributed by atoms with E-state index in [9.17, 15) is 0 Å². The average molecular weight is 391 g/mol. The van der Waals surface area contributed by atoms with Crippen molar-refractivity contribution in [1.29, 1.82) is 0 Å². The lowest BCUT2D eigenvalue weighted by atomic mass is 9.83. The van der Waals surface area contributed by atoms with Gasteiger partial charge in [-0.05, 0) is 59.4 Å². The molecule has 29 heavy (non-hydrogen) atoms. The Bertz CT molecular complexity index is 810. The van der Waals surface area contributed by atoms with Crippen LogP contribution < -0.4 is 0 Å². The molecule has 1 heterocycles. The van der Waals surface area contributed by atoms with Crippen LogP contribution in [0.3, 0.4) is 0 Å². The summed E-state index contributed by atoms with van der Waals surface area (Å²) < 4.78 is 0. The van der Waals surface area contributed by atoms with Gasteiger partial charge < -0.3 is 0 Å². The van der Waals surface area contributed by atoms with Crippen molar-refractivity contribution in [2.75, 3.05) is 0 Å². The van der Waals surface area contributed by atoms with Crippen LogP contribution in [0.1, 0.15) is 114 Å². The molecule has 0 saturated heterocycles. The number of nitrogens with zero attached hydrogens (tertiary/aromatic N) is 2. The molecule has 0 radical (unpaired) electrons. The second-order valence-corrected chi connectivity index (χ2v) is 9.56. The summed E-state index contributed by atoms with van der Waals surface area (Å²) in [6.45, 7) is 13.7. The molecule has 1 aliphatic rings. The number of hydrogen-bond donors (Lipinski definition) is 0. The molecular weight excluding hydrogens is 352 g/mol. The van der Waals surface area contributed by atoms with Gasteiger partial charge >= 0.3 is 0 Å². The standard InChI is InChI=1S/C27H38N2/c1-18(2)21-15-24(19(3)4)27(25(16-21)20(5)6)26-14-10-13-23(29-26)17-28-22-11-8-7-9-12-22/h10,13-20,22H,7-9,11-12H2,1-6H3. The molecule has 2 nitrogen and oxygen atoms in total. The van der Waals surface area contributed by atoms with Gasteiger partial charge in [0, 0.05) is 11.8 Å². The van der Waals surface area contributed by atoms with E-state index >= 15 is 0 Å². The van der Waals surface area contributed by atoms with E-state index in [4.69, 9.17) is 9.98 Å². The van der Waals surface area contributed by atoms with Crippen molar-refractivity contribution >= 4 is 6.21 Å². The Morgan fingerprint density at radius 1 is 0.862 bits per heavy atom. The monoisotopic (exact) mass is 390 g/mol. The molecule has 0 spiro atoms. The zero-order valence-electron chi connectivity index (χ0n) is 19.2. The summed E-state index contributed by atoms with van der Waals surface area (Å²) in [6.07, 6.45) is 8.44. The summed E-state index contributed by atoms with van der Waals surface area (Å²) in [5.41, 5.74) is 7.64. The van der Waals surface area contributed by atoms with Gasteiger partial charge in [0.05, 0.1) is 17.4 Å². The summed E-state index contributed by atoms with van der Waals surface area (Å²) in [5.74, 6) is 1.45. The van der Waals surface area contributed by atoms with E-state index in [0.29, 0.717) is 23.8 Å². The van der Waals surface area contributed by atoms with Crippen LogP contribution in [0.4, 0.5) is 0 Å². The predicted molar refractivity (Wildman–Crippen MR) is 126 cm³/mol. The molecule has 156 valence electrons. The third-order valence-electron chi connectivity index (χ3n) is 6.15. The molecule has 3 rings (SSSR count). The van der Waals surface area contributed by atoms with Crippen LogP contribution in [0.2, 0.25) is 0 Å². The highest BCUT2D eigenvalue weighted by Crippen LogP contribution is 2.38. The van der Waals surface area contributed by atoms with Gasteiger partial charge in [0.25, 0.3) is 0 Å². The van der Waals surface area contributed by atoms with Crippen LogP contribution in [-0.4, -0.2) is 17.2 Å². The number of aromatic nitrogens is 1. The average Bonchev–Trinajstić information content (AvgIpc) is 2.72. The summed E-state index contributed by atoms with van der Waals surface area (Å²) in [7, 11) is 0. The smallest absolute Gasteiger partial charge is 0.0815 e. The van der Waals surface area contributed by atoms with Crippen LogP contribution in [0, 0.1) is 0 Å². The van der Waals surface area contributed by atoms with Crippen LogP contribution in [0.15, 0.2) is 35.3 Å². The quantitative estimate of drug-likeness (QED) is 0.461. The Kier molecular flexibility index (Phi) is 7.27. The first kappa shape index (κ1) is 21.7. The van der Waals surface area contributed by atoms with Crippen molar-refractivity contribution in [3.05, 3.63) is 52.7 Å². The van der Waals surface area contributed by atoms with Gasteiger partial charge in [-0.1, -0.05) is 79.0 Å². The highest BCUT2D eigenvalue weighted by atomic mass is 14.8. The molecule has 0 atom stereocenters. The van der Waals surface area contributed by atoms with E-state index in [0.717, 1.165) is 11.4 Å². The zero-order valence-corrected chi connectivity index (χ0v) is 19.2. The van der Waals surface area contributed by atoms with Crippen molar-refractivity contribution in [2.24, 2.45) is 4.99 Å². The Labute approximate surface area is 177 Å². The highest BCUT2D eigenvalue weighted by molar-refractivity contribution is 5.79. The number of aliphatic imine (C=N–C) groups is 1. The van der Waals surface area contributed by atoms with E-state index in [-0.39, 0.29) is 0 Å². The summed E-state index contributed by atoms with van der Waals surface area (Å²) in [6, 6.07) is 11.7. The molecule has 0 unspecified atom stereocenters. The molecule has 0 aliphatic heterocycles. The van der Waals surface area contributed by atoms with Crippen LogP contribution in [0.25, 0.3) is 11.3 Å². The first-order valence-corrected chi connectivity index (χ1v) is 11.5. The molecule has 2 heteroatoms. The number of hydrogen-bond acceptors (Lipinski definition) is 2. The van der Waals surface area contributed by atoms with Gasteiger partial charge in [-0.25, -0.2) is 4.98 Å². The van der Waals surface area contributed by atoms with E-state index in [1.165, 1.54) is 54.4 Å². The van der Waals surface area contributed by atoms with Gasteiger partial charge in [-0.15, -0.1) is 0 Å². The Balaban J connectivity index is 2.04. The van der Waals surface area contributed by atoms with Gasteiger partial charge in [0.1, 0.15) is 0 Å². The van der Waals surface area contributed by atoms with E-state index in [2.05, 4.69) is 71.9 Å². The normalized spacial score (nSPS) is 15.9. The number of rotatable bonds is 6. The molecule has 1 aliphatic carbocycles. The van der Waals surface area contributed by atoms with E-state index in [1.807, 2.05) is 6.21 Å². The fourth-order valence-corrected chi connectivity index (χ4v) is 4.33. The fourth-order valence-electron chi connectivity index (χ4n) is 4.33. The molecular formula is C27H38N2. The zero-order chi connectivity index (χ0) is 21.0. The van der Waals surface area contributed by atoms with Crippen molar-refractivity contribution in [3.8, 4) is 11.3 Å². The Hall–Kier alpha value is -1.96. The van der Waals surface area contributed by atoms with Crippen LogP contribution >= 0.6 is 0 Å². The minimum atomic E-state index is 0.461. The number of pyridine rings is 1. The molecule has 0 bridgehead atoms. The topological polar surface area (TPSA) is 25.2 Å². The predicted octanol–water partition coefficient (Wildman–Crippen LogP) is 7.87. The lowest BCUT2D eigenvalue weighted by molar-refractivity contribution is 0.444. The lowest BCUT2D eigenvalue weighted by Crippen LogP contribution is -2.10. The molecule has 1 saturated carbocycles. The second-order valence-electron chi connectivity index (χ2n) is 9.56. The molecule has 0 amide bonds. The van der Waals surface area contributed by atoms with E-state index < -0.39 is 0 Å². The largest absolute Gasteiger partial charge is 0.288 e. The van der Waals surface area contributed by atoms with Crippen molar-refractivity contribution in [1.82, 2.24) is 4.98 Å². The molecule has 1 aromatic heterocycles. The summed E-state index contributed by atoms with van der Waals surface area (Å²) in [5, 5.41) is 0. The first-order valence-electron chi connectivity index (χ1n) is 11.5. The molecule has 1 fully saturated rings. The maximum Gasteiger partial charge on any atom is 0.0815 e. The maximum absolute atomic E-state index is 5.04. The van der Waals surface area contributed by atoms with Crippen molar-refractivity contribution in [3.63, 3.8) is 0 Å². The van der Waals surface area contributed by atoms with Gasteiger partial charge in [0.15, 0.2) is 0 Å². The molecule has 2 aromatic rings. The second kappa shape index (κ2) is 9.69. The lowest BCUT2D eigenvalue weighted by Gasteiger charge is -2.23. The van der Waals surface area contributed by atoms with E-state index in [1.54, 1.807) is 0 Å². The molecule has 0 N–H and O–H groups in total.